The first-order chi connectivity index (χ1) is 11.1. The minimum absolute atomic E-state index is 0.224. The third-order valence-electron chi connectivity index (χ3n) is 3.64. The van der Waals surface area contributed by atoms with E-state index >= 15 is 0 Å². The SMILES string of the molecule is C=CC(=O)Nc1ccc(-c2cc3ccc(N(C)C)cc3o2)cc1. The summed E-state index contributed by atoms with van der Waals surface area (Å²) in [6.07, 6.45) is 1.25. The quantitative estimate of drug-likeness (QED) is 0.731. The number of fused-ring (bicyclic) bond motifs is 1. The minimum Gasteiger partial charge on any atom is -0.456 e. The highest BCUT2D eigenvalue weighted by Crippen LogP contribution is 2.30. The van der Waals surface area contributed by atoms with Gasteiger partial charge in [0.15, 0.2) is 0 Å². The summed E-state index contributed by atoms with van der Waals surface area (Å²) in [5, 5.41) is 3.79. The minimum atomic E-state index is -0.224. The highest BCUT2D eigenvalue weighted by atomic mass is 16.3. The normalized spacial score (nSPS) is 10.5. The van der Waals surface area contributed by atoms with Gasteiger partial charge in [0.1, 0.15) is 11.3 Å². The molecule has 0 aliphatic carbocycles. The zero-order valence-electron chi connectivity index (χ0n) is 13.2. The molecule has 0 bridgehead atoms. The first-order valence-electron chi connectivity index (χ1n) is 7.31. The van der Waals surface area contributed by atoms with Gasteiger partial charge in [-0.25, -0.2) is 0 Å². The summed E-state index contributed by atoms with van der Waals surface area (Å²) >= 11 is 0. The fourth-order valence-electron chi connectivity index (χ4n) is 2.35. The Hall–Kier alpha value is -3.01. The lowest BCUT2D eigenvalue weighted by molar-refractivity contribution is -0.111. The Morgan fingerprint density at radius 1 is 1.13 bits per heavy atom. The van der Waals surface area contributed by atoms with E-state index in [1.807, 2.05) is 55.4 Å². The van der Waals surface area contributed by atoms with Gasteiger partial charge in [-0.15, -0.1) is 0 Å². The van der Waals surface area contributed by atoms with Gasteiger partial charge in [0, 0.05) is 42.5 Å². The van der Waals surface area contributed by atoms with Gasteiger partial charge in [0.05, 0.1) is 0 Å². The molecule has 3 aromatic rings. The number of carbonyl (C=O) groups excluding carboxylic acids is 1. The largest absolute Gasteiger partial charge is 0.456 e. The molecule has 0 saturated heterocycles. The topological polar surface area (TPSA) is 45.5 Å². The van der Waals surface area contributed by atoms with Crippen LogP contribution in [0.25, 0.3) is 22.3 Å². The second kappa shape index (κ2) is 6.01. The van der Waals surface area contributed by atoms with E-state index in [1.165, 1.54) is 6.08 Å². The molecule has 1 aromatic heterocycles. The van der Waals surface area contributed by atoms with Crippen molar-refractivity contribution >= 4 is 28.3 Å². The van der Waals surface area contributed by atoms with Crippen LogP contribution in [0.3, 0.4) is 0 Å². The molecule has 0 aliphatic rings. The van der Waals surface area contributed by atoms with E-state index in [-0.39, 0.29) is 5.91 Å². The Labute approximate surface area is 135 Å². The lowest BCUT2D eigenvalue weighted by Crippen LogP contribution is -2.07. The van der Waals surface area contributed by atoms with Crippen LogP contribution in [0.5, 0.6) is 0 Å². The van der Waals surface area contributed by atoms with Gasteiger partial charge >= 0.3 is 0 Å². The van der Waals surface area contributed by atoms with Crippen molar-refractivity contribution in [3.05, 3.63) is 61.2 Å². The fourth-order valence-corrected chi connectivity index (χ4v) is 2.35. The number of furan rings is 1. The average molecular weight is 306 g/mol. The lowest BCUT2D eigenvalue weighted by atomic mass is 10.1. The summed E-state index contributed by atoms with van der Waals surface area (Å²) in [4.78, 5) is 13.3. The molecule has 2 aromatic carbocycles. The second-order valence-corrected chi connectivity index (χ2v) is 5.50. The lowest BCUT2D eigenvalue weighted by Gasteiger charge is -2.11. The van der Waals surface area contributed by atoms with E-state index < -0.39 is 0 Å². The molecule has 4 nitrogen and oxygen atoms in total. The molecule has 1 heterocycles. The van der Waals surface area contributed by atoms with Gasteiger partial charge in [-0.1, -0.05) is 6.58 Å². The standard InChI is InChI=1S/C19H18N2O2/c1-4-19(22)20-15-8-5-13(6-9-15)17-11-14-7-10-16(21(2)3)12-18(14)23-17/h4-12H,1H2,2-3H3,(H,20,22). The van der Waals surface area contributed by atoms with E-state index in [1.54, 1.807) is 0 Å². The average Bonchev–Trinajstić information content (AvgIpc) is 2.98. The van der Waals surface area contributed by atoms with Crippen LogP contribution in [0.2, 0.25) is 0 Å². The number of amides is 1. The first-order valence-corrected chi connectivity index (χ1v) is 7.31. The van der Waals surface area contributed by atoms with Crippen LogP contribution in [0.15, 0.2) is 65.6 Å². The Morgan fingerprint density at radius 3 is 2.52 bits per heavy atom. The Morgan fingerprint density at radius 2 is 1.87 bits per heavy atom. The van der Waals surface area contributed by atoms with Gasteiger partial charge < -0.3 is 14.6 Å². The molecule has 0 radical (unpaired) electrons. The molecule has 0 spiro atoms. The summed E-state index contributed by atoms with van der Waals surface area (Å²) in [7, 11) is 4.00. The number of benzene rings is 2. The van der Waals surface area contributed by atoms with Crippen molar-refractivity contribution < 1.29 is 9.21 Å². The number of anilines is 2. The van der Waals surface area contributed by atoms with Crippen LogP contribution in [-0.4, -0.2) is 20.0 Å². The van der Waals surface area contributed by atoms with Crippen LogP contribution >= 0.6 is 0 Å². The maximum atomic E-state index is 11.3. The summed E-state index contributed by atoms with van der Waals surface area (Å²) in [6, 6.07) is 15.7. The number of hydrogen-bond acceptors (Lipinski definition) is 3. The number of carbonyl (C=O) groups is 1. The predicted molar refractivity (Wildman–Crippen MR) is 94.8 cm³/mol. The molecule has 1 amide bonds. The van der Waals surface area contributed by atoms with Gasteiger partial charge in [-0.05, 0) is 48.5 Å². The molecule has 0 unspecified atom stereocenters. The molecular formula is C19H18N2O2. The van der Waals surface area contributed by atoms with Crippen LogP contribution in [0.1, 0.15) is 0 Å². The fraction of sp³-hybridized carbons (Fsp3) is 0.105. The summed E-state index contributed by atoms with van der Waals surface area (Å²) in [6.45, 7) is 3.44. The van der Waals surface area contributed by atoms with Gasteiger partial charge in [-0.3, -0.25) is 4.79 Å². The van der Waals surface area contributed by atoms with Crippen molar-refractivity contribution in [2.75, 3.05) is 24.3 Å². The molecule has 1 N–H and O–H groups in total. The van der Waals surface area contributed by atoms with Crippen molar-refractivity contribution in [2.24, 2.45) is 0 Å². The first kappa shape index (κ1) is 14.9. The number of nitrogens with one attached hydrogen (secondary N) is 1. The highest BCUT2D eigenvalue weighted by Gasteiger charge is 2.08. The van der Waals surface area contributed by atoms with Crippen LogP contribution in [0, 0.1) is 0 Å². The molecular weight excluding hydrogens is 288 g/mol. The third kappa shape index (κ3) is 3.11. The van der Waals surface area contributed by atoms with E-state index in [0.29, 0.717) is 0 Å². The third-order valence-corrected chi connectivity index (χ3v) is 3.64. The van der Waals surface area contributed by atoms with Gasteiger partial charge in [-0.2, -0.15) is 0 Å². The summed E-state index contributed by atoms with van der Waals surface area (Å²) in [5.74, 6) is 0.579. The van der Waals surface area contributed by atoms with Crippen LogP contribution < -0.4 is 10.2 Å². The van der Waals surface area contributed by atoms with Crippen molar-refractivity contribution in [1.82, 2.24) is 0 Å². The molecule has 0 aliphatic heterocycles. The number of rotatable bonds is 4. The van der Waals surface area contributed by atoms with Crippen molar-refractivity contribution in [1.29, 1.82) is 0 Å². The maximum Gasteiger partial charge on any atom is 0.247 e. The Balaban J connectivity index is 1.90. The number of nitrogens with zero attached hydrogens (tertiary/aromatic N) is 1. The van der Waals surface area contributed by atoms with E-state index in [4.69, 9.17) is 4.42 Å². The number of hydrogen-bond donors (Lipinski definition) is 1. The summed E-state index contributed by atoms with van der Waals surface area (Å²) < 4.78 is 5.96. The zero-order valence-corrected chi connectivity index (χ0v) is 13.2. The van der Waals surface area contributed by atoms with Crippen LogP contribution in [-0.2, 0) is 4.79 Å². The van der Waals surface area contributed by atoms with E-state index in [0.717, 1.165) is 33.7 Å². The maximum absolute atomic E-state index is 11.3. The monoisotopic (exact) mass is 306 g/mol. The zero-order chi connectivity index (χ0) is 16.4. The molecule has 0 saturated carbocycles. The molecule has 116 valence electrons. The second-order valence-electron chi connectivity index (χ2n) is 5.50. The summed E-state index contributed by atoms with van der Waals surface area (Å²) in [5.41, 5.74) is 3.64. The molecule has 4 heteroatoms. The van der Waals surface area contributed by atoms with Crippen molar-refractivity contribution in [2.45, 2.75) is 0 Å². The molecule has 23 heavy (non-hydrogen) atoms. The smallest absolute Gasteiger partial charge is 0.247 e. The Bertz CT molecular complexity index is 861. The van der Waals surface area contributed by atoms with Gasteiger partial charge in [0.25, 0.3) is 0 Å². The van der Waals surface area contributed by atoms with Crippen molar-refractivity contribution in [3.8, 4) is 11.3 Å². The van der Waals surface area contributed by atoms with E-state index in [2.05, 4.69) is 24.0 Å². The molecule has 0 atom stereocenters. The van der Waals surface area contributed by atoms with Crippen LogP contribution in [0.4, 0.5) is 11.4 Å². The predicted octanol–water partition coefficient (Wildman–Crippen LogP) is 4.29. The highest BCUT2D eigenvalue weighted by molar-refractivity contribution is 5.99. The Kier molecular flexibility index (Phi) is 3.89. The van der Waals surface area contributed by atoms with Gasteiger partial charge in [0.2, 0.25) is 5.91 Å². The van der Waals surface area contributed by atoms with Crippen molar-refractivity contribution in [3.63, 3.8) is 0 Å². The van der Waals surface area contributed by atoms with E-state index in [9.17, 15) is 4.79 Å². The molecule has 0 fully saturated rings. The molecule has 3 rings (SSSR count).